The van der Waals surface area contributed by atoms with Crippen LogP contribution in [0.4, 0.5) is 4.39 Å². The Hall–Kier alpha value is -1.22. The molecule has 86 valence electrons. The summed E-state index contributed by atoms with van der Waals surface area (Å²) in [4.78, 5) is 6.67. The summed E-state index contributed by atoms with van der Waals surface area (Å²) in [6.07, 6.45) is 6.96. The van der Waals surface area contributed by atoms with Gasteiger partial charge in [0.05, 0.1) is 6.54 Å². The summed E-state index contributed by atoms with van der Waals surface area (Å²) in [6, 6.07) is 0. The number of allylic oxidation sites excluding steroid dienone is 6. The molecule has 0 aromatic carbocycles. The van der Waals surface area contributed by atoms with Gasteiger partial charge in [0.15, 0.2) is 0 Å². The zero-order valence-electron chi connectivity index (χ0n) is 9.83. The monoisotopic (exact) mass is 220 g/mol. The van der Waals surface area contributed by atoms with Crippen LogP contribution in [0.2, 0.25) is 0 Å². The summed E-state index contributed by atoms with van der Waals surface area (Å²) in [5, 5.41) is 0. The third-order valence-electron chi connectivity index (χ3n) is 2.85. The van der Waals surface area contributed by atoms with E-state index in [2.05, 4.69) is 9.89 Å². The Balaban J connectivity index is 1.96. The molecule has 3 heteroatoms. The normalized spacial score (nSPS) is 22.0. The molecule has 0 heterocycles. The molecule has 2 nitrogen and oxygen atoms in total. The fourth-order valence-corrected chi connectivity index (χ4v) is 1.93. The van der Waals surface area contributed by atoms with Crippen LogP contribution in [0.1, 0.15) is 12.8 Å². The first-order valence-electron chi connectivity index (χ1n) is 5.61. The molecule has 0 aromatic heterocycles. The highest BCUT2D eigenvalue weighted by atomic mass is 19.1. The summed E-state index contributed by atoms with van der Waals surface area (Å²) in [5.74, 6) is -0.0951. The predicted molar refractivity (Wildman–Crippen MR) is 65.4 cm³/mol. The number of hydrogen-bond acceptors (Lipinski definition) is 2. The summed E-state index contributed by atoms with van der Waals surface area (Å²) < 4.78 is 13.2. The van der Waals surface area contributed by atoms with Crippen molar-refractivity contribution in [3.63, 3.8) is 0 Å². The summed E-state index contributed by atoms with van der Waals surface area (Å²) in [5.41, 5.74) is 3.03. The molecule has 2 aliphatic rings. The van der Waals surface area contributed by atoms with E-state index in [0.717, 1.165) is 37.1 Å². The molecule has 0 unspecified atom stereocenters. The van der Waals surface area contributed by atoms with Crippen LogP contribution in [0.3, 0.4) is 0 Å². The fourth-order valence-electron chi connectivity index (χ4n) is 1.93. The smallest absolute Gasteiger partial charge is 0.130 e. The van der Waals surface area contributed by atoms with Gasteiger partial charge in [0.2, 0.25) is 0 Å². The second kappa shape index (κ2) is 4.74. The van der Waals surface area contributed by atoms with E-state index in [1.54, 1.807) is 6.08 Å². The van der Waals surface area contributed by atoms with Crippen LogP contribution in [0, 0.1) is 0 Å². The Morgan fingerprint density at radius 3 is 2.94 bits per heavy atom. The second-order valence-electron chi connectivity index (χ2n) is 4.46. The minimum atomic E-state index is -0.0951. The molecule has 2 aliphatic carbocycles. The summed E-state index contributed by atoms with van der Waals surface area (Å²) >= 11 is 0. The van der Waals surface area contributed by atoms with Crippen LogP contribution < -0.4 is 0 Å². The van der Waals surface area contributed by atoms with Gasteiger partial charge in [-0.25, -0.2) is 4.39 Å². The lowest BCUT2D eigenvalue weighted by atomic mass is 9.94. The number of fused-ring (bicyclic) bond motifs is 1. The Bertz CT molecular complexity index is 400. The van der Waals surface area contributed by atoms with Gasteiger partial charge in [-0.3, -0.25) is 4.99 Å². The third-order valence-corrected chi connectivity index (χ3v) is 2.85. The van der Waals surface area contributed by atoms with E-state index in [4.69, 9.17) is 0 Å². The average molecular weight is 220 g/mol. The van der Waals surface area contributed by atoms with Crippen molar-refractivity contribution in [1.29, 1.82) is 0 Å². The molecule has 0 atom stereocenters. The van der Waals surface area contributed by atoms with Crippen LogP contribution in [-0.2, 0) is 0 Å². The minimum Gasteiger partial charge on any atom is -0.308 e. The van der Waals surface area contributed by atoms with Crippen LogP contribution in [-0.4, -0.2) is 37.8 Å². The Kier molecular flexibility index (Phi) is 3.34. The van der Waals surface area contributed by atoms with Crippen molar-refractivity contribution in [2.75, 3.05) is 27.2 Å². The number of halogens is 1. The molecule has 16 heavy (non-hydrogen) atoms. The maximum atomic E-state index is 13.2. The van der Waals surface area contributed by atoms with E-state index in [1.807, 2.05) is 26.2 Å². The van der Waals surface area contributed by atoms with Crippen molar-refractivity contribution in [2.24, 2.45) is 4.99 Å². The number of aliphatic imine (C=N–C) groups is 1. The molecule has 0 aliphatic heterocycles. The number of likely N-dealkylation sites (N-methyl/N-ethyl adjacent to an activating group) is 1. The van der Waals surface area contributed by atoms with Crippen molar-refractivity contribution in [2.45, 2.75) is 12.8 Å². The van der Waals surface area contributed by atoms with E-state index in [9.17, 15) is 4.39 Å². The topological polar surface area (TPSA) is 15.6 Å². The van der Waals surface area contributed by atoms with E-state index in [-0.39, 0.29) is 5.83 Å². The van der Waals surface area contributed by atoms with Gasteiger partial charge in [-0.15, -0.1) is 0 Å². The first-order valence-corrected chi connectivity index (χ1v) is 5.61. The Morgan fingerprint density at radius 1 is 1.38 bits per heavy atom. The lowest BCUT2D eigenvalue weighted by molar-refractivity contribution is 0.420. The maximum absolute atomic E-state index is 13.2. The van der Waals surface area contributed by atoms with E-state index < -0.39 is 0 Å². The molecular weight excluding hydrogens is 203 g/mol. The van der Waals surface area contributed by atoms with Gasteiger partial charge < -0.3 is 4.90 Å². The van der Waals surface area contributed by atoms with Crippen molar-refractivity contribution >= 4 is 5.71 Å². The van der Waals surface area contributed by atoms with Crippen LogP contribution in [0.5, 0.6) is 0 Å². The average Bonchev–Trinajstić information content (AvgIpc) is 2.60. The summed E-state index contributed by atoms with van der Waals surface area (Å²) in [6.45, 7) is 1.79. The zero-order chi connectivity index (χ0) is 11.5. The SMILES string of the molecule is CN(C)CCN=C1CC=C2C(F)=CC=C2C1. The van der Waals surface area contributed by atoms with Gasteiger partial charge in [-0.2, -0.15) is 0 Å². The largest absolute Gasteiger partial charge is 0.308 e. The number of hydrogen-bond donors (Lipinski definition) is 0. The molecule has 2 rings (SSSR count). The third kappa shape index (κ3) is 2.47. The molecule has 0 fully saturated rings. The van der Waals surface area contributed by atoms with Crippen LogP contribution in [0.25, 0.3) is 0 Å². The highest BCUT2D eigenvalue weighted by Gasteiger charge is 2.20. The minimum absolute atomic E-state index is 0.0951. The molecule has 0 saturated carbocycles. The van der Waals surface area contributed by atoms with Gasteiger partial charge in [-0.1, -0.05) is 12.2 Å². The van der Waals surface area contributed by atoms with Crippen molar-refractivity contribution in [1.82, 2.24) is 4.90 Å². The second-order valence-corrected chi connectivity index (χ2v) is 4.46. The summed E-state index contributed by atoms with van der Waals surface area (Å²) in [7, 11) is 4.08. The molecule has 0 bridgehead atoms. The van der Waals surface area contributed by atoms with E-state index in [1.165, 1.54) is 5.71 Å². The van der Waals surface area contributed by atoms with Gasteiger partial charge >= 0.3 is 0 Å². The van der Waals surface area contributed by atoms with E-state index in [0.29, 0.717) is 0 Å². The zero-order valence-corrected chi connectivity index (χ0v) is 9.83. The van der Waals surface area contributed by atoms with E-state index >= 15 is 0 Å². The van der Waals surface area contributed by atoms with Crippen molar-refractivity contribution in [3.05, 3.63) is 35.2 Å². The molecule has 0 N–H and O–H groups in total. The first-order chi connectivity index (χ1) is 7.66. The number of nitrogens with zero attached hydrogens (tertiary/aromatic N) is 2. The van der Waals surface area contributed by atoms with Gasteiger partial charge in [0, 0.05) is 30.7 Å². The maximum Gasteiger partial charge on any atom is 0.130 e. The fraction of sp³-hybridized carbons (Fsp3) is 0.462. The van der Waals surface area contributed by atoms with Gasteiger partial charge in [0.25, 0.3) is 0 Å². The molecular formula is C13H17FN2. The lowest BCUT2D eigenvalue weighted by Crippen LogP contribution is -2.17. The van der Waals surface area contributed by atoms with Crippen molar-refractivity contribution in [3.8, 4) is 0 Å². The Labute approximate surface area is 95.9 Å². The predicted octanol–water partition coefficient (Wildman–Crippen LogP) is 2.50. The molecule has 0 saturated heterocycles. The lowest BCUT2D eigenvalue weighted by Gasteiger charge is -2.15. The highest BCUT2D eigenvalue weighted by Crippen LogP contribution is 2.33. The van der Waals surface area contributed by atoms with Crippen LogP contribution in [0.15, 0.2) is 40.2 Å². The van der Waals surface area contributed by atoms with Gasteiger partial charge in [-0.05, 0) is 25.7 Å². The van der Waals surface area contributed by atoms with Crippen molar-refractivity contribution < 1.29 is 4.39 Å². The molecule has 0 radical (unpaired) electrons. The Morgan fingerprint density at radius 2 is 2.19 bits per heavy atom. The quantitative estimate of drug-likeness (QED) is 0.713. The number of rotatable bonds is 3. The molecule has 0 aromatic rings. The molecule has 0 amide bonds. The highest BCUT2D eigenvalue weighted by molar-refractivity contribution is 5.91. The standard InChI is InChI=1S/C13H17FN2/c1-16(2)8-7-15-11-4-5-12-10(9-11)3-6-13(12)14/h3,5-6H,4,7-9H2,1-2H3. The first kappa shape index (κ1) is 11.3. The van der Waals surface area contributed by atoms with Crippen LogP contribution >= 0.6 is 0 Å². The molecule has 0 spiro atoms. The van der Waals surface area contributed by atoms with Gasteiger partial charge in [0.1, 0.15) is 5.83 Å².